The second kappa shape index (κ2) is 5.31. The molecule has 0 saturated carbocycles. The van der Waals surface area contributed by atoms with Crippen molar-refractivity contribution in [2.75, 3.05) is 24.6 Å². The molecule has 2 saturated heterocycles. The van der Waals surface area contributed by atoms with Crippen molar-refractivity contribution in [2.45, 2.75) is 18.5 Å². The van der Waals surface area contributed by atoms with Crippen molar-refractivity contribution in [3.63, 3.8) is 0 Å². The molecule has 2 amide bonds. The zero-order chi connectivity index (χ0) is 14.1. The van der Waals surface area contributed by atoms with E-state index in [1.54, 1.807) is 4.90 Å². The van der Waals surface area contributed by atoms with Gasteiger partial charge >= 0.3 is 12.0 Å². The molecule has 2 N–H and O–H groups in total. The maximum atomic E-state index is 11.9. The maximum Gasteiger partial charge on any atom is 0.358 e. The predicted octanol–water partition coefficient (Wildman–Crippen LogP) is 0.0481. The minimum Gasteiger partial charge on any atom is -0.476 e. The second-order valence-electron chi connectivity index (χ2n) is 4.96. The highest BCUT2D eigenvalue weighted by Gasteiger charge is 2.34. The Kier molecular flexibility index (Phi) is 3.51. The van der Waals surface area contributed by atoms with Crippen LogP contribution in [0.4, 0.5) is 4.79 Å². The molecule has 9 heteroatoms. The van der Waals surface area contributed by atoms with E-state index in [9.17, 15) is 9.59 Å². The molecule has 1 aromatic heterocycles. The van der Waals surface area contributed by atoms with E-state index in [0.29, 0.717) is 13.1 Å². The molecule has 0 radical (unpaired) electrons. The van der Waals surface area contributed by atoms with Crippen molar-refractivity contribution in [3.8, 4) is 0 Å². The summed E-state index contributed by atoms with van der Waals surface area (Å²) in [7, 11) is 0. The third-order valence-electron chi connectivity index (χ3n) is 3.51. The molecule has 1 unspecified atom stereocenters. The highest BCUT2D eigenvalue weighted by molar-refractivity contribution is 7.99. The lowest BCUT2D eigenvalue weighted by Crippen LogP contribution is -2.56. The minimum atomic E-state index is -1.09. The normalized spacial score (nSPS) is 22.6. The number of nitrogens with zero attached hydrogens (tertiary/aromatic N) is 4. The molecule has 0 aromatic carbocycles. The Labute approximate surface area is 119 Å². The Balaban J connectivity index is 1.49. The molecule has 0 aliphatic carbocycles. The van der Waals surface area contributed by atoms with Crippen molar-refractivity contribution >= 4 is 23.8 Å². The SMILES string of the molecule is O=C(O)c1cn(C2CN(C(=O)NC3CCSC3)C2)nn1. The van der Waals surface area contributed by atoms with Crippen LogP contribution >= 0.6 is 11.8 Å². The predicted molar refractivity (Wildman–Crippen MR) is 71.9 cm³/mol. The number of thioether (sulfide) groups is 1. The van der Waals surface area contributed by atoms with Crippen LogP contribution in [-0.2, 0) is 0 Å². The summed E-state index contributed by atoms with van der Waals surface area (Å²) in [6, 6.07) is 0.239. The average Bonchev–Trinajstić information content (AvgIpc) is 2.97. The maximum absolute atomic E-state index is 11.9. The Morgan fingerprint density at radius 1 is 1.45 bits per heavy atom. The zero-order valence-electron chi connectivity index (χ0n) is 10.7. The lowest BCUT2D eigenvalue weighted by atomic mass is 10.1. The fraction of sp³-hybridized carbons (Fsp3) is 0.636. The number of amides is 2. The monoisotopic (exact) mass is 297 g/mol. The lowest BCUT2D eigenvalue weighted by Gasteiger charge is -2.39. The standard InChI is InChI=1S/C11H15N5O3S/c17-10(18)9-5-16(14-13-9)8-3-15(4-8)11(19)12-7-1-2-20-6-7/h5,7-8H,1-4,6H2,(H,12,19)(H,17,18). The van der Waals surface area contributed by atoms with Gasteiger partial charge in [0, 0.05) is 24.9 Å². The van der Waals surface area contributed by atoms with E-state index < -0.39 is 5.97 Å². The summed E-state index contributed by atoms with van der Waals surface area (Å²) in [5.74, 6) is 0.988. The highest BCUT2D eigenvalue weighted by Crippen LogP contribution is 2.22. The Morgan fingerprint density at radius 3 is 2.85 bits per heavy atom. The van der Waals surface area contributed by atoms with Crippen LogP contribution in [0, 0.1) is 0 Å². The lowest BCUT2D eigenvalue weighted by molar-refractivity contribution is 0.0690. The number of aromatic nitrogens is 3. The van der Waals surface area contributed by atoms with Crippen LogP contribution < -0.4 is 5.32 Å². The number of likely N-dealkylation sites (tertiary alicyclic amines) is 1. The Hall–Kier alpha value is -1.77. The first kappa shape index (κ1) is 13.2. The largest absolute Gasteiger partial charge is 0.476 e. The number of carbonyl (C=O) groups excluding carboxylic acids is 1. The molecular weight excluding hydrogens is 282 g/mol. The van der Waals surface area contributed by atoms with Crippen molar-refractivity contribution in [2.24, 2.45) is 0 Å². The van der Waals surface area contributed by atoms with E-state index in [1.807, 2.05) is 11.8 Å². The number of aromatic carboxylic acids is 1. The van der Waals surface area contributed by atoms with Gasteiger partial charge in [-0.25, -0.2) is 14.3 Å². The number of hydrogen-bond acceptors (Lipinski definition) is 5. The summed E-state index contributed by atoms with van der Waals surface area (Å²) in [5, 5.41) is 19.1. The van der Waals surface area contributed by atoms with E-state index in [2.05, 4.69) is 15.6 Å². The van der Waals surface area contributed by atoms with Crippen LogP contribution in [-0.4, -0.2) is 67.6 Å². The Morgan fingerprint density at radius 2 is 2.25 bits per heavy atom. The molecule has 20 heavy (non-hydrogen) atoms. The van der Waals surface area contributed by atoms with E-state index in [1.165, 1.54) is 10.9 Å². The third kappa shape index (κ3) is 2.58. The smallest absolute Gasteiger partial charge is 0.358 e. The molecule has 8 nitrogen and oxygen atoms in total. The first-order chi connectivity index (χ1) is 9.63. The molecule has 108 valence electrons. The van der Waals surface area contributed by atoms with Crippen LogP contribution in [0.2, 0.25) is 0 Å². The van der Waals surface area contributed by atoms with Crippen molar-refractivity contribution in [1.29, 1.82) is 0 Å². The van der Waals surface area contributed by atoms with Gasteiger partial charge in [0.15, 0.2) is 5.69 Å². The average molecular weight is 297 g/mol. The van der Waals surface area contributed by atoms with Gasteiger partial charge < -0.3 is 15.3 Å². The molecule has 1 aromatic rings. The summed E-state index contributed by atoms with van der Waals surface area (Å²) in [5.41, 5.74) is -0.0733. The summed E-state index contributed by atoms with van der Waals surface area (Å²) in [6.07, 6.45) is 2.43. The number of carboxylic acid groups (broad SMARTS) is 1. The van der Waals surface area contributed by atoms with Crippen molar-refractivity contribution in [3.05, 3.63) is 11.9 Å². The van der Waals surface area contributed by atoms with Crippen LogP contribution in [0.25, 0.3) is 0 Å². The molecule has 2 aliphatic heterocycles. The number of nitrogens with one attached hydrogen (secondary N) is 1. The fourth-order valence-corrected chi connectivity index (χ4v) is 3.41. The topological polar surface area (TPSA) is 100 Å². The van der Waals surface area contributed by atoms with Gasteiger partial charge in [-0.05, 0) is 12.2 Å². The van der Waals surface area contributed by atoms with Gasteiger partial charge in [-0.1, -0.05) is 5.21 Å². The van der Waals surface area contributed by atoms with E-state index in [-0.39, 0.29) is 23.8 Å². The van der Waals surface area contributed by atoms with Crippen molar-refractivity contribution < 1.29 is 14.7 Å². The molecule has 2 aliphatic rings. The zero-order valence-corrected chi connectivity index (χ0v) is 11.5. The highest BCUT2D eigenvalue weighted by atomic mass is 32.2. The molecule has 0 spiro atoms. The molecular formula is C11H15N5O3S. The first-order valence-corrected chi connectivity index (χ1v) is 7.57. The van der Waals surface area contributed by atoms with Gasteiger partial charge in [-0.15, -0.1) is 5.10 Å². The summed E-state index contributed by atoms with van der Waals surface area (Å²) >= 11 is 1.85. The molecule has 1 atom stereocenters. The van der Waals surface area contributed by atoms with Gasteiger partial charge in [0.2, 0.25) is 0 Å². The van der Waals surface area contributed by atoms with Crippen LogP contribution in [0.15, 0.2) is 6.20 Å². The molecule has 0 bridgehead atoms. The van der Waals surface area contributed by atoms with Gasteiger partial charge in [0.25, 0.3) is 0 Å². The number of urea groups is 1. The van der Waals surface area contributed by atoms with Gasteiger partial charge in [-0.3, -0.25) is 0 Å². The van der Waals surface area contributed by atoms with Crippen LogP contribution in [0.3, 0.4) is 0 Å². The van der Waals surface area contributed by atoms with Gasteiger partial charge in [0.05, 0.1) is 12.2 Å². The van der Waals surface area contributed by atoms with Crippen molar-refractivity contribution in [1.82, 2.24) is 25.2 Å². The first-order valence-electron chi connectivity index (χ1n) is 6.42. The quantitative estimate of drug-likeness (QED) is 0.817. The summed E-state index contributed by atoms with van der Waals surface area (Å²) in [4.78, 5) is 24.4. The Bertz CT molecular complexity index is 522. The fourth-order valence-electron chi connectivity index (χ4n) is 2.26. The van der Waals surface area contributed by atoms with E-state index >= 15 is 0 Å². The number of carboxylic acids is 1. The molecule has 3 heterocycles. The third-order valence-corrected chi connectivity index (χ3v) is 4.67. The second-order valence-corrected chi connectivity index (χ2v) is 6.11. The van der Waals surface area contributed by atoms with Gasteiger partial charge in [0.1, 0.15) is 0 Å². The van der Waals surface area contributed by atoms with Crippen LogP contribution in [0.1, 0.15) is 23.0 Å². The number of hydrogen-bond donors (Lipinski definition) is 2. The number of carbonyl (C=O) groups is 2. The molecule has 2 fully saturated rings. The van der Waals surface area contributed by atoms with E-state index in [0.717, 1.165) is 17.9 Å². The molecule has 3 rings (SSSR count). The van der Waals surface area contributed by atoms with Crippen LogP contribution in [0.5, 0.6) is 0 Å². The van der Waals surface area contributed by atoms with Gasteiger partial charge in [-0.2, -0.15) is 11.8 Å². The minimum absolute atomic E-state index is 0.0132. The summed E-state index contributed by atoms with van der Waals surface area (Å²) < 4.78 is 1.51. The summed E-state index contributed by atoms with van der Waals surface area (Å²) in [6.45, 7) is 1.07. The number of rotatable bonds is 3. The van der Waals surface area contributed by atoms with E-state index in [4.69, 9.17) is 5.11 Å².